The molecule has 17 heavy (non-hydrogen) atoms. The van der Waals surface area contributed by atoms with E-state index in [1.807, 2.05) is 37.7 Å². The van der Waals surface area contributed by atoms with Crippen molar-refractivity contribution in [2.24, 2.45) is 7.05 Å². The van der Waals surface area contributed by atoms with Gasteiger partial charge in [-0.15, -0.1) is 0 Å². The number of hydrogen-bond acceptors (Lipinski definition) is 3. The van der Waals surface area contributed by atoms with Crippen LogP contribution in [0.25, 0.3) is 0 Å². The zero-order chi connectivity index (χ0) is 12.4. The van der Waals surface area contributed by atoms with E-state index in [2.05, 4.69) is 9.88 Å². The topological polar surface area (TPSA) is 34.2 Å². The van der Waals surface area contributed by atoms with Gasteiger partial charge in [-0.25, -0.2) is 4.98 Å². The minimum absolute atomic E-state index is 0.655. The predicted octanol–water partition coefficient (Wildman–Crippen LogP) is 2.61. The molecule has 0 aliphatic rings. The van der Waals surface area contributed by atoms with Crippen molar-refractivity contribution in [1.82, 2.24) is 14.5 Å². The first kappa shape index (κ1) is 12.2. The largest absolute Gasteiger partial charge is 0.465 e. The molecule has 4 nitrogen and oxygen atoms in total. The summed E-state index contributed by atoms with van der Waals surface area (Å²) in [6.07, 6.45) is 1.67. The van der Waals surface area contributed by atoms with Crippen molar-refractivity contribution in [3.8, 4) is 0 Å². The molecule has 0 saturated carbocycles. The molecule has 2 rings (SSSR count). The summed E-state index contributed by atoms with van der Waals surface area (Å²) in [7, 11) is 3.94. The Kier molecular flexibility index (Phi) is 3.54. The molecular formula is C12H16ClN3O. The first-order chi connectivity index (χ1) is 8.06. The summed E-state index contributed by atoms with van der Waals surface area (Å²) in [6, 6.07) is 3.97. The number of halogens is 1. The summed E-state index contributed by atoms with van der Waals surface area (Å²) in [6.45, 7) is 3.45. The standard InChI is InChI=1S/C12H16ClN3O/c1-9-4-5-10(17-9)7-15(2)8-12-14-6-11(13)16(12)3/h4-6H,7-8H2,1-3H3. The lowest BCUT2D eigenvalue weighted by Gasteiger charge is -2.14. The normalized spacial score (nSPS) is 11.4. The van der Waals surface area contributed by atoms with Crippen LogP contribution in [0.1, 0.15) is 17.3 Å². The number of aromatic nitrogens is 2. The van der Waals surface area contributed by atoms with E-state index in [0.29, 0.717) is 5.15 Å². The molecule has 2 aromatic heterocycles. The maximum Gasteiger partial charge on any atom is 0.128 e. The summed E-state index contributed by atoms with van der Waals surface area (Å²) >= 11 is 5.94. The van der Waals surface area contributed by atoms with Crippen molar-refractivity contribution < 1.29 is 4.42 Å². The summed E-state index contributed by atoms with van der Waals surface area (Å²) < 4.78 is 7.41. The van der Waals surface area contributed by atoms with Crippen LogP contribution in [-0.4, -0.2) is 21.5 Å². The third-order valence-electron chi connectivity index (χ3n) is 2.66. The van der Waals surface area contributed by atoms with Crippen LogP contribution >= 0.6 is 11.6 Å². The first-order valence-corrected chi connectivity index (χ1v) is 5.84. The fourth-order valence-electron chi connectivity index (χ4n) is 1.70. The molecule has 2 aromatic rings. The smallest absolute Gasteiger partial charge is 0.128 e. The molecule has 0 unspecified atom stereocenters. The van der Waals surface area contributed by atoms with Crippen molar-refractivity contribution >= 4 is 11.6 Å². The Balaban J connectivity index is 1.97. The second-order valence-electron chi connectivity index (χ2n) is 4.24. The number of rotatable bonds is 4. The second-order valence-corrected chi connectivity index (χ2v) is 4.63. The van der Waals surface area contributed by atoms with Gasteiger partial charge in [0.1, 0.15) is 22.5 Å². The van der Waals surface area contributed by atoms with Crippen LogP contribution in [0.2, 0.25) is 5.15 Å². The molecular weight excluding hydrogens is 238 g/mol. The minimum atomic E-state index is 0.655. The number of furan rings is 1. The molecule has 0 fully saturated rings. The third kappa shape index (κ3) is 2.90. The lowest BCUT2D eigenvalue weighted by Crippen LogP contribution is -2.19. The molecule has 0 radical (unpaired) electrons. The SMILES string of the molecule is Cc1ccc(CN(C)Cc2ncc(Cl)n2C)o1. The Morgan fingerprint density at radius 1 is 1.41 bits per heavy atom. The van der Waals surface area contributed by atoms with Gasteiger partial charge in [-0.3, -0.25) is 4.90 Å². The molecule has 5 heteroatoms. The molecule has 0 spiro atoms. The predicted molar refractivity (Wildman–Crippen MR) is 66.8 cm³/mol. The molecule has 0 amide bonds. The first-order valence-electron chi connectivity index (χ1n) is 5.46. The average molecular weight is 254 g/mol. The fraction of sp³-hybridized carbons (Fsp3) is 0.417. The van der Waals surface area contributed by atoms with Crippen LogP contribution in [0.3, 0.4) is 0 Å². The van der Waals surface area contributed by atoms with Crippen molar-refractivity contribution in [3.63, 3.8) is 0 Å². The van der Waals surface area contributed by atoms with Gasteiger partial charge in [-0.05, 0) is 26.1 Å². The second kappa shape index (κ2) is 4.94. The van der Waals surface area contributed by atoms with E-state index in [1.54, 1.807) is 6.20 Å². The zero-order valence-electron chi connectivity index (χ0n) is 10.3. The van der Waals surface area contributed by atoms with Gasteiger partial charge in [0.2, 0.25) is 0 Å². The molecule has 0 aliphatic carbocycles. The summed E-state index contributed by atoms with van der Waals surface area (Å²) in [5.74, 6) is 2.85. The van der Waals surface area contributed by atoms with Gasteiger partial charge in [0.25, 0.3) is 0 Å². The van der Waals surface area contributed by atoms with Gasteiger partial charge < -0.3 is 8.98 Å². The van der Waals surface area contributed by atoms with Crippen molar-refractivity contribution in [2.45, 2.75) is 20.0 Å². The molecule has 0 aromatic carbocycles. The van der Waals surface area contributed by atoms with Gasteiger partial charge in [-0.2, -0.15) is 0 Å². The van der Waals surface area contributed by atoms with Gasteiger partial charge in [0.15, 0.2) is 0 Å². The van der Waals surface area contributed by atoms with Crippen LogP contribution in [0.15, 0.2) is 22.7 Å². The molecule has 0 bridgehead atoms. The van der Waals surface area contributed by atoms with Crippen molar-refractivity contribution in [1.29, 1.82) is 0 Å². The van der Waals surface area contributed by atoms with E-state index in [-0.39, 0.29) is 0 Å². The third-order valence-corrected chi connectivity index (χ3v) is 3.01. The van der Waals surface area contributed by atoms with Crippen LogP contribution in [-0.2, 0) is 20.1 Å². The Labute approximate surface area is 106 Å². The van der Waals surface area contributed by atoms with Crippen LogP contribution in [0, 0.1) is 6.92 Å². The van der Waals surface area contributed by atoms with E-state index in [9.17, 15) is 0 Å². The number of nitrogens with zero attached hydrogens (tertiary/aromatic N) is 3. The highest BCUT2D eigenvalue weighted by Crippen LogP contribution is 2.13. The van der Waals surface area contributed by atoms with Crippen LogP contribution in [0.4, 0.5) is 0 Å². The minimum Gasteiger partial charge on any atom is -0.465 e. The number of aryl methyl sites for hydroxylation is 1. The summed E-state index contributed by atoms with van der Waals surface area (Å²) in [5, 5.41) is 0.655. The Morgan fingerprint density at radius 3 is 2.71 bits per heavy atom. The maximum atomic E-state index is 5.94. The van der Waals surface area contributed by atoms with Gasteiger partial charge in [0.05, 0.1) is 19.3 Å². The summed E-state index contributed by atoms with van der Waals surface area (Å²) in [5.41, 5.74) is 0. The van der Waals surface area contributed by atoms with Gasteiger partial charge >= 0.3 is 0 Å². The van der Waals surface area contributed by atoms with Crippen molar-refractivity contribution in [2.75, 3.05) is 7.05 Å². The quantitative estimate of drug-likeness (QED) is 0.840. The van der Waals surface area contributed by atoms with E-state index in [1.165, 1.54) is 0 Å². The highest BCUT2D eigenvalue weighted by atomic mass is 35.5. The number of imidazole rings is 1. The fourth-order valence-corrected chi connectivity index (χ4v) is 1.85. The Bertz CT molecular complexity index is 504. The highest BCUT2D eigenvalue weighted by Gasteiger charge is 2.09. The van der Waals surface area contributed by atoms with Crippen molar-refractivity contribution in [3.05, 3.63) is 40.8 Å². The number of hydrogen-bond donors (Lipinski definition) is 0. The van der Waals surface area contributed by atoms with Crippen LogP contribution in [0.5, 0.6) is 0 Å². The van der Waals surface area contributed by atoms with E-state index in [0.717, 1.165) is 30.4 Å². The maximum absolute atomic E-state index is 5.94. The zero-order valence-corrected chi connectivity index (χ0v) is 11.0. The molecule has 0 aliphatic heterocycles. The highest BCUT2D eigenvalue weighted by molar-refractivity contribution is 6.29. The molecule has 0 N–H and O–H groups in total. The van der Waals surface area contributed by atoms with E-state index in [4.69, 9.17) is 16.0 Å². The van der Waals surface area contributed by atoms with Gasteiger partial charge in [-0.1, -0.05) is 11.6 Å². The molecule has 0 atom stereocenters. The molecule has 92 valence electrons. The average Bonchev–Trinajstić information content (AvgIpc) is 2.79. The van der Waals surface area contributed by atoms with E-state index >= 15 is 0 Å². The Hall–Kier alpha value is -1.26. The molecule has 2 heterocycles. The Morgan fingerprint density at radius 2 is 2.18 bits per heavy atom. The van der Waals surface area contributed by atoms with Crippen LogP contribution < -0.4 is 0 Å². The monoisotopic (exact) mass is 253 g/mol. The lowest BCUT2D eigenvalue weighted by molar-refractivity contribution is 0.276. The van der Waals surface area contributed by atoms with Gasteiger partial charge in [0, 0.05) is 7.05 Å². The lowest BCUT2D eigenvalue weighted by atomic mass is 10.4. The summed E-state index contributed by atoms with van der Waals surface area (Å²) in [4.78, 5) is 6.40. The van der Waals surface area contributed by atoms with E-state index < -0.39 is 0 Å². The molecule has 0 saturated heterocycles.